The number of nitriles is 1. The maximum absolute atomic E-state index is 12.4. The van der Waals surface area contributed by atoms with Crippen LogP contribution in [-0.4, -0.2) is 67.8 Å². The Hall–Kier alpha value is -1.81. The quantitative estimate of drug-likeness (QED) is 0.657. The van der Waals surface area contributed by atoms with Crippen LogP contribution in [0.25, 0.3) is 0 Å². The van der Waals surface area contributed by atoms with E-state index in [1.165, 1.54) is 24.2 Å². The van der Waals surface area contributed by atoms with Crippen molar-refractivity contribution in [3.63, 3.8) is 0 Å². The van der Waals surface area contributed by atoms with Gasteiger partial charge in [0.25, 0.3) is 0 Å². The normalized spacial score (nSPS) is 18.4. The molecule has 0 aromatic rings. The fourth-order valence-electron chi connectivity index (χ4n) is 3.29. The number of carbonyl (C=O) groups excluding carboxylic acids is 2. The van der Waals surface area contributed by atoms with E-state index < -0.39 is 6.09 Å². The SMILES string of the molecule is N#CCCCN(CC(=O)N1CCOCC1)C(=O)OCC1CCCCC1. The summed E-state index contributed by atoms with van der Waals surface area (Å²) in [7, 11) is 0. The Labute approximate surface area is 149 Å². The molecule has 0 bridgehead atoms. The van der Waals surface area contributed by atoms with Crippen LogP contribution in [0.1, 0.15) is 44.9 Å². The van der Waals surface area contributed by atoms with Gasteiger partial charge in [0.1, 0.15) is 6.54 Å². The molecule has 1 heterocycles. The minimum atomic E-state index is -0.440. The topological polar surface area (TPSA) is 82.9 Å². The summed E-state index contributed by atoms with van der Waals surface area (Å²) in [6.45, 7) is 2.99. The minimum absolute atomic E-state index is 0.00886. The molecule has 2 fully saturated rings. The van der Waals surface area contributed by atoms with Crippen molar-refractivity contribution in [2.75, 3.05) is 46.0 Å². The monoisotopic (exact) mass is 351 g/mol. The molecule has 140 valence electrons. The van der Waals surface area contributed by atoms with E-state index in [-0.39, 0.29) is 12.5 Å². The zero-order valence-electron chi connectivity index (χ0n) is 15.0. The Bertz CT molecular complexity index is 465. The summed E-state index contributed by atoms with van der Waals surface area (Å²) in [6, 6.07) is 2.07. The van der Waals surface area contributed by atoms with Crippen LogP contribution >= 0.6 is 0 Å². The van der Waals surface area contributed by atoms with Gasteiger partial charge >= 0.3 is 6.09 Å². The molecule has 2 aliphatic rings. The molecule has 7 nitrogen and oxygen atoms in total. The van der Waals surface area contributed by atoms with E-state index in [0.717, 1.165) is 12.8 Å². The number of amides is 2. The highest BCUT2D eigenvalue weighted by Crippen LogP contribution is 2.23. The third-order valence-corrected chi connectivity index (χ3v) is 4.83. The Morgan fingerprint density at radius 1 is 1.20 bits per heavy atom. The highest BCUT2D eigenvalue weighted by Gasteiger charge is 2.24. The third kappa shape index (κ3) is 6.91. The number of nitrogens with zero attached hydrogens (tertiary/aromatic N) is 3. The van der Waals surface area contributed by atoms with Crippen molar-refractivity contribution in [1.29, 1.82) is 5.26 Å². The van der Waals surface area contributed by atoms with Gasteiger partial charge in [0.15, 0.2) is 0 Å². The molecule has 0 aromatic carbocycles. The zero-order valence-corrected chi connectivity index (χ0v) is 15.0. The van der Waals surface area contributed by atoms with Crippen LogP contribution in [-0.2, 0) is 14.3 Å². The number of hydrogen-bond donors (Lipinski definition) is 0. The van der Waals surface area contributed by atoms with E-state index in [9.17, 15) is 9.59 Å². The summed E-state index contributed by atoms with van der Waals surface area (Å²) in [4.78, 5) is 28.0. The van der Waals surface area contributed by atoms with Gasteiger partial charge < -0.3 is 14.4 Å². The Morgan fingerprint density at radius 2 is 1.92 bits per heavy atom. The van der Waals surface area contributed by atoms with Gasteiger partial charge in [-0.2, -0.15) is 5.26 Å². The average molecular weight is 351 g/mol. The number of rotatable bonds is 7. The molecule has 2 rings (SSSR count). The predicted molar refractivity (Wildman–Crippen MR) is 91.7 cm³/mol. The highest BCUT2D eigenvalue weighted by molar-refractivity contribution is 5.82. The Kier molecular flexibility index (Phi) is 8.53. The van der Waals surface area contributed by atoms with Gasteiger partial charge in [0, 0.05) is 26.1 Å². The molecular weight excluding hydrogens is 322 g/mol. The van der Waals surface area contributed by atoms with Crippen LogP contribution < -0.4 is 0 Å². The molecular formula is C18H29N3O4. The fourth-order valence-corrected chi connectivity index (χ4v) is 3.29. The van der Waals surface area contributed by atoms with E-state index >= 15 is 0 Å². The number of ether oxygens (including phenoxy) is 2. The van der Waals surface area contributed by atoms with Crippen LogP contribution in [0.15, 0.2) is 0 Å². The summed E-state index contributed by atoms with van der Waals surface area (Å²) in [5.41, 5.74) is 0. The average Bonchev–Trinajstić information content (AvgIpc) is 2.67. The molecule has 1 aliphatic heterocycles. The second kappa shape index (κ2) is 10.9. The van der Waals surface area contributed by atoms with Crippen molar-refractivity contribution in [1.82, 2.24) is 9.80 Å². The Balaban J connectivity index is 1.83. The van der Waals surface area contributed by atoms with E-state index in [0.29, 0.717) is 58.2 Å². The molecule has 0 aromatic heterocycles. The fraction of sp³-hybridized carbons (Fsp3) is 0.833. The summed E-state index contributed by atoms with van der Waals surface area (Å²) >= 11 is 0. The summed E-state index contributed by atoms with van der Waals surface area (Å²) < 4.78 is 10.7. The van der Waals surface area contributed by atoms with Gasteiger partial charge in [-0.1, -0.05) is 19.3 Å². The Morgan fingerprint density at radius 3 is 2.60 bits per heavy atom. The predicted octanol–water partition coefficient (Wildman–Crippen LogP) is 2.17. The first-order chi connectivity index (χ1) is 12.2. The lowest BCUT2D eigenvalue weighted by molar-refractivity contribution is -0.136. The molecule has 1 saturated carbocycles. The lowest BCUT2D eigenvalue weighted by atomic mass is 9.90. The van der Waals surface area contributed by atoms with Gasteiger partial charge in [0.05, 0.1) is 25.9 Å². The van der Waals surface area contributed by atoms with E-state index in [4.69, 9.17) is 14.7 Å². The molecule has 0 atom stereocenters. The molecule has 2 amide bonds. The second-order valence-corrected chi connectivity index (χ2v) is 6.76. The first kappa shape index (κ1) is 19.5. The molecule has 25 heavy (non-hydrogen) atoms. The second-order valence-electron chi connectivity index (χ2n) is 6.76. The van der Waals surface area contributed by atoms with Crippen LogP contribution in [0.2, 0.25) is 0 Å². The van der Waals surface area contributed by atoms with Crippen LogP contribution in [0, 0.1) is 17.2 Å². The standard InChI is InChI=1S/C18H29N3O4/c19-8-4-5-9-21(14-17(22)20-10-12-24-13-11-20)18(23)25-15-16-6-2-1-3-7-16/h16H,1-7,9-15H2. The zero-order chi connectivity index (χ0) is 17.9. The van der Waals surface area contributed by atoms with Crippen molar-refractivity contribution in [2.45, 2.75) is 44.9 Å². The maximum atomic E-state index is 12.4. The summed E-state index contributed by atoms with van der Waals surface area (Å²) in [5, 5.41) is 8.70. The van der Waals surface area contributed by atoms with E-state index in [1.807, 2.05) is 0 Å². The van der Waals surface area contributed by atoms with Crippen LogP contribution in [0.3, 0.4) is 0 Å². The molecule has 0 N–H and O–H groups in total. The molecule has 0 radical (unpaired) electrons. The van der Waals surface area contributed by atoms with Crippen molar-refractivity contribution in [2.24, 2.45) is 5.92 Å². The number of carbonyl (C=O) groups is 2. The third-order valence-electron chi connectivity index (χ3n) is 4.83. The van der Waals surface area contributed by atoms with Gasteiger partial charge in [-0.15, -0.1) is 0 Å². The number of unbranched alkanes of at least 4 members (excludes halogenated alkanes) is 1. The van der Waals surface area contributed by atoms with Crippen molar-refractivity contribution >= 4 is 12.0 Å². The molecule has 1 aliphatic carbocycles. The van der Waals surface area contributed by atoms with Crippen LogP contribution in [0.4, 0.5) is 4.79 Å². The first-order valence-electron chi connectivity index (χ1n) is 9.35. The van der Waals surface area contributed by atoms with Gasteiger partial charge in [0.2, 0.25) is 5.91 Å². The summed E-state index contributed by atoms with van der Waals surface area (Å²) in [6.07, 6.45) is 6.34. The first-order valence-corrected chi connectivity index (χ1v) is 9.35. The smallest absolute Gasteiger partial charge is 0.410 e. The minimum Gasteiger partial charge on any atom is -0.449 e. The van der Waals surface area contributed by atoms with Gasteiger partial charge in [-0.3, -0.25) is 9.69 Å². The molecule has 0 spiro atoms. The summed E-state index contributed by atoms with van der Waals surface area (Å²) in [5.74, 6) is 0.350. The molecule has 7 heteroatoms. The van der Waals surface area contributed by atoms with Crippen molar-refractivity contribution in [3.8, 4) is 6.07 Å². The van der Waals surface area contributed by atoms with Gasteiger partial charge in [-0.25, -0.2) is 4.79 Å². The van der Waals surface area contributed by atoms with Crippen LogP contribution in [0.5, 0.6) is 0 Å². The van der Waals surface area contributed by atoms with Crippen molar-refractivity contribution in [3.05, 3.63) is 0 Å². The highest BCUT2D eigenvalue weighted by atomic mass is 16.6. The van der Waals surface area contributed by atoms with Gasteiger partial charge in [-0.05, 0) is 25.2 Å². The molecule has 0 unspecified atom stereocenters. The number of hydrogen-bond acceptors (Lipinski definition) is 5. The lowest BCUT2D eigenvalue weighted by Gasteiger charge is -2.30. The number of morpholine rings is 1. The van der Waals surface area contributed by atoms with Crippen molar-refractivity contribution < 1.29 is 19.1 Å². The van der Waals surface area contributed by atoms with E-state index in [2.05, 4.69) is 6.07 Å². The largest absolute Gasteiger partial charge is 0.449 e. The van der Waals surface area contributed by atoms with E-state index in [1.54, 1.807) is 4.90 Å². The lowest BCUT2D eigenvalue weighted by Crippen LogP contribution is -2.47. The maximum Gasteiger partial charge on any atom is 0.410 e. The molecule has 1 saturated heterocycles.